The highest BCUT2D eigenvalue weighted by molar-refractivity contribution is 5.71. The first-order valence-electron chi connectivity index (χ1n) is 4.74. The number of carbonyl (C=O) groups is 1. The number of fused-ring (bicyclic) bond motifs is 2. The Bertz CT molecular complexity index is 274. The summed E-state index contributed by atoms with van der Waals surface area (Å²) in [5.41, 5.74) is 5.66. The second kappa shape index (κ2) is 2.58. The third-order valence-electron chi connectivity index (χ3n) is 3.65. The van der Waals surface area contributed by atoms with Gasteiger partial charge in [0.25, 0.3) is 0 Å². The Morgan fingerprint density at radius 2 is 2.38 bits per heavy atom. The van der Waals surface area contributed by atoms with Gasteiger partial charge < -0.3 is 10.8 Å². The third kappa shape index (κ3) is 1.10. The van der Waals surface area contributed by atoms with E-state index in [2.05, 4.69) is 12.2 Å². The molecule has 3 nitrogen and oxygen atoms in total. The first kappa shape index (κ1) is 8.75. The molecule has 0 aromatic rings. The smallest absolute Gasteiger partial charge is 0.308 e. The van der Waals surface area contributed by atoms with Crippen molar-refractivity contribution >= 4 is 5.97 Å². The van der Waals surface area contributed by atoms with Crippen molar-refractivity contribution in [2.45, 2.75) is 25.3 Å². The van der Waals surface area contributed by atoms with Gasteiger partial charge in [0.1, 0.15) is 0 Å². The van der Waals surface area contributed by atoms with Crippen LogP contribution in [0.1, 0.15) is 19.8 Å². The Morgan fingerprint density at radius 3 is 2.77 bits per heavy atom. The van der Waals surface area contributed by atoms with E-state index in [1.54, 1.807) is 6.92 Å². The molecule has 0 heterocycles. The van der Waals surface area contributed by atoms with Crippen LogP contribution in [0.5, 0.6) is 0 Å². The maximum Gasteiger partial charge on any atom is 0.308 e. The van der Waals surface area contributed by atoms with E-state index in [1.165, 1.54) is 0 Å². The van der Waals surface area contributed by atoms with Gasteiger partial charge in [-0.15, -0.1) is 0 Å². The van der Waals surface area contributed by atoms with Crippen LogP contribution >= 0.6 is 0 Å². The van der Waals surface area contributed by atoms with Crippen LogP contribution < -0.4 is 5.73 Å². The molecule has 0 amide bonds. The van der Waals surface area contributed by atoms with Gasteiger partial charge in [-0.05, 0) is 24.7 Å². The SMILES string of the molecule is CC(C(=O)O)C1(N)CC2C=CC1C2. The Kier molecular flexibility index (Phi) is 1.74. The van der Waals surface area contributed by atoms with Crippen LogP contribution in [0.2, 0.25) is 0 Å². The predicted octanol–water partition coefficient (Wildman–Crippen LogP) is 1.00. The van der Waals surface area contributed by atoms with E-state index in [4.69, 9.17) is 10.8 Å². The van der Waals surface area contributed by atoms with Crippen LogP contribution in [-0.2, 0) is 4.79 Å². The second-order valence-corrected chi connectivity index (χ2v) is 4.36. The highest BCUT2D eigenvalue weighted by Gasteiger charge is 2.50. The van der Waals surface area contributed by atoms with Crippen molar-refractivity contribution in [3.63, 3.8) is 0 Å². The Morgan fingerprint density at radius 1 is 1.69 bits per heavy atom. The van der Waals surface area contributed by atoms with Crippen LogP contribution in [0.4, 0.5) is 0 Å². The number of hydrogen-bond acceptors (Lipinski definition) is 2. The lowest BCUT2D eigenvalue weighted by atomic mass is 9.76. The minimum atomic E-state index is -0.775. The largest absolute Gasteiger partial charge is 0.481 e. The summed E-state index contributed by atoms with van der Waals surface area (Å²) >= 11 is 0. The van der Waals surface area contributed by atoms with Crippen LogP contribution in [0.15, 0.2) is 12.2 Å². The molecular weight excluding hydrogens is 166 g/mol. The van der Waals surface area contributed by atoms with Gasteiger partial charge in [-0.3, -0.25) is 4.79 Å². The molecule has 13 heavy (non-hydrogen) atoms. The van der Waals surface area contributed by atoms with Gasteiger partial charge in [0.05, 0.1) is 5.92 Å². The van der Waals surface area contributed by atoms with Gasteiger partial charge in [-0.25, -0.2) is 0 Å². The standard InChI is InChI=1S/C10H15NO2/c1-6(9(12)13)10(11)5-7-2-3-8(10)4-7/h2-3,6-8H,4-5,11H2,1H3,(H,12,13). The van der Waals surface area contributed by atoms with Crippen molar-refractivity contribution in [2.75, 3.05) is 0 Å². The topological polar surface area (TPSA) is 63.3 Å². The number of hydrogen-bond donors (Lipinski definition) is 2. The van der Waals surface area contributed by atoms with Crippen molar-refractivity contribution in [2.24, 2.45) is 23.5 Å². The van der Waals surface area contributed by atoms with E-state index >= 15 is 0 Å². The van der Waals surface area contributed by atoms with Crippen molar-refractivity contribution < 1.29 is 9.90 Å². The third-order valence-corrected chi connectivity index (χ3v) is 3.65. The summed E-state index contributed by atoms with van der Waals surface area (Å²) in [6.45, 7) is 1.72. The number of rotatable bonds is 2. The molecule has 0 aromatic heterocycles. The second-order valence-electron chi connectivity index (χ2n) is 4.36. The van der Waals surface area contributed by atoms with Crippen molar-refractivity contribution in [1.29, 1.82) is 0 Å². The molecule has 0 saturated heterocycles. The fourth-order valence-electron chi connectivity index (χ4n) is 2.66. The minimum absolute atomic E-state index is 0.281. The molecule has 0 aliphatic heterocycles. The molecule has 3 heteroatoms. The molecule has 4 atom stereocenters. The quantitative estimate of drug-likeness (QED) is 0.625. The monoisotopic (exact) mass is 181 g/mol. The molecule has 2 aliphatic rings. The minimum Gasteiger partial charge on any atom is -0.481 e. The molecule has 4 unspecified atom stereocenters. The molecule has 2 aliphatic carbocycles. The highest BCUT2D eigenvalue weighted by atomic mass is 16.4. The number of aliphatic carboxylic acids is 1. The zero-order chi connectivity index (χ0) is 9.64. The molecule has 2 bridgehead atoms. The molecule has 0 radical (unpaired) electrons. The van der Waals surface area contributed by atoms with Crippen molar-refractivity contribution in [3.05, 3.63) is 12.2 Å². The number of allylic oxidation sites excluding steroid dienone is 1. The molecule has 2 rings (SSSR count). The average molecular weight is 181 g/mol. The fraction of sp³-hybridized carbons (Fsp3) is 0.700. The van der Waals surface area contributed by atoms with Gasteiger partial charge in [-0.1, -0.05) is 19.1 Å². The summed E-state index contributed by atoms with van der Waals surface area (Å²) in [5.74, 6) is -0.406. The summed E-state index contributed by atoms with van der Waals surface area (Å²) in [7, 11) is 0. The van der Waals surface area contributed by atoms with E-state index in [-0.39, 0.29) is 5.92 Å². The summed E-state index contributed by atoms with van der Waals surface area (Å²) in [6.07, 6.45) is 6.15. The lowest BCUT2D eigenvalue weighted by molar-refractivity contribution is -0.143. The van der Waals surface area contributed by atoms with Crippen LogP contribution in [0, 0.1) is 17.8 Å². The Labute approximate surface area is 77.6 Å². The molecule has 3 N–H and O–H groups in total. The summed E-state index contributed by atoms with van der Waals surface area (Å²) < 4.78 is 0. The van der Waals surface area contributed by atoms with Gasteiger partial charge in [0.2, 0.25) is 0 Å². The number of nitrogens with two attached hydrogens (primary N) is 1. The first-order chi connectivity index (χ1) is 6.04. The molecule has 0 aromatic carbocycles. The van der Waals surface area contributed by atoms with Gasteiger partial charge in [0.15, 0.2) is 0 Å². The first-order valence-corrected chi connectivity index (χ1v) is 4.74. The lowest BCUT2D eigenvalue weighted by Crippen LogP contribution is -2.52. The van der Waals surface area contributed by atoms with E-state index in [0.717, 1.165) is 12.8 Å². The Hall–Kier alpha value is -0.830. The zero-order valence-electron chi connectivity index (χ0n) is 7.73. The van der Waals surface area contributed by atoms with Crippen LogP contribution in [0.25, 0.3) is 0 Å². The maximum atomic E-state index is 10.9. The summed E-state index contributed by atoms with van der Waals surface area (Å²) in [5, 5.41) is 8.93. The van der Waals surface area contributed by atoms with Gasteiger partial charge >= 0.3 is 5.97 Å². The highest BCUT2D eigenvalue weighted by Crippen LogP contribution is 2.48. The van der Waals surface area contributed by atoms with Crippen LogP contribution in [0.3, 0.4) is 0 Å². The zero-order valence-corrected chi connectivity index (χ0v) is 7.73. The van der Waals surface area contributed by atoms with Crippen LogP contribution in [-0.4, -0.2) is 16.6 Å². The van der Waals surface area contributed by atoms with Gasteiger partial charge in [-0.2, -0.15) is 0 Å². The lowest BCUT2D eigenvalue weighted by Gasteiger charge is -2.34. The normalized spacial score (nSPS) is 43.8. The number of carboxylic acids is 1. The molecule has 1 fully saturated rings. The van der Waals surface area contributed by atoms with Crippen molar-refractivity contribution in [1.82, 2.24) is 0 Å². The molecule has 72 valence electrons. The molecule has 1 saturated carbocycles. The van der Waals surface area contributed by atoms with Crippen molar-refractivity contribution in [3.8, 4) is 0 Å². The van der Waals surface area contributed by atoms with E-state index in [1.807, 2.05) is 0 Å². The summed E-state index contributed by atoms with van der Waals surface area (Å²) in [6, 6.07) is 0. The molecular formula is C10H15NO2. The summed E-state index contributed by atoms with van der Waals surface area (Å²) in [4.78, 5) is 10.9. The Balaban J connectivity index is 2.23. The number of carboxylic acid groups (broad SMARTS) is 1. The predicted molar refractivity (Wildman–Crippen MR) is 49.1 cm³/mol. The average Bonchev–Trinajstić information content (AvgIpc) is 2.62. The maximum absolute atomic E-state index is 10.9. The van der Waals surface area contributed by atoms with E-state index < -0.39 is 17.4 Å². The van der Waals surface area contributed by atoms with E-state index in [0.29, 0.717) is 5.92 Å². The fourth-order valence-corrected chi connectivity index (χ4v) is 2.66. The molecule has 0 spiro atoms. The van der Waals surface area contributed by atoms with E-state index in [9.17, 15) is 4.79 Å². The van der Waals surface area contributed by atoms with Gasteiger partial charge in [0, 0.05) is 5.54 Å².